The summed E-state index contributed by atoms with van der Waals surface area (Å²) in [6.07, 6.45) is 6.19. The van der Waals surface area contributed by atoms with E-state index in [1.807, 2.05) is 25.7 Å². The summed E-state index contributed by atoms with van der Waals surface area (Å²) in [6.45, 7) is 7.87. The van der Waals surface area contributed by atoms with Crippen LogP contribution < -0.4 is 10.6 Å². The summed E-state index contributed by atoms with van der Waals surface area (Å²) in [6, 6.07) is 1.86. The van der Waals surface area contributed by atoms with Crippen LogP contribution in [-0.2, 0) is 14.3 Å². The average molecular weight is 474 g/mol. The lowest BCUT2D eigenvalue weighted by Gasteiger charge is -2.36. The van der Waals surface area contributed by atoms with Crippen molar-refractivity contribution in [2.45, 2.75) is 95.4 Å². The van der Waals surface area contributed by atoms with E-state index in [1.165, 1.54) is 12.8 Å². The van der Waals surface area contributed by atoms with E-state index >= 15 is 0 Å². The maximum atomic E-state index is 13.8. The van der Waals surface area contributed by atoms with Crippen molar-refractivity contribution >= 4 is 17.9 Å². The third-order valence-corrected chi connectivity index (χ3v) is 7.71. The summed E-state index contributed by atoms with van der Waals surface area (Å²) in [4.78, 5) is 42.3. The van der Waals surface area contributed by atoms with Crippen molar-refractivity contribution in [2.24, 2.45) is 11.8 Å². The number of nitrogens with zero attached hydrogens (tertiary/aromatic N) is 3. The first-order valence-corrected chi connectivity index (χ1v) is 12.9. The van der Waals surface area contributed by atoms with Gasteiger partial charge < -0.3 is 15.0 Å². The van der Waals surface area contributed by atoms with E-state index in [-0.39, 0.29) is 23.8 Å². The van der Waals surface area contributed by atoms with Crippen LogP contribution in [0.1, 0.15) is 72.1 Å². The molecule has 188 valence electrons. The van der Waals surface area contributed by atoms with Gasteiger partial charge in [0, 0.05) is 38.1 Å². The van der Waals surface area contributed by atoms with E-state index in [0.717, 1.165) is 19.3 Å². The number of nitriles is 1. The van der Waals surface area contributed by atoms with Crippen LogP contribution >= 0.6 is 0 Å². The van der Waals surface area contributed by atoms with Gasteiger partial charge in [0.15, 0.2) is 0 Å². The minimum atomic E-state index is -0.805. The van der Waals surface area contributed by atoms with E-state index in [4.69, 9.17) is 4.74 Å². The van der Waals surface area contributed by atoms with E-state index in [1.54, 1.807) is 4.90 Å². The van der Waals surface area contributed by atoms with Crippen molar-refractivity contribution in [1.82, 2.24) is 20.4 Å². The number of hydrogen-bond donors (Lipinski definition) is 2. The summed E-state index contributed by atoms with van der Waals surface area (Å²) in [5, 5.41) is 15.9. The lowest BCUT2D eigenvalue weighted by atomic mass is 9.94. The van der Waals surface area contributed by atoms with Crippen molar-refractivity contribution in [2.75, 3.05) is 26.2 Å². The van der Waals surface area contributed by atoms with Crippen LogP contribution in [0.15, 0.2) is 0 Å². The van der Waals surface area contributed by atoms with E-state index in [0.29, 0.717) is 51.4 Å². The Bertz CT molecular complexity index is 845. The van der Waals surface area contributed by atoms with Gasteiger partial charge >= 0.3 is 6.09 Å². The van der Waals surface area contributed by atoms with Crippen LogP contribution in [0.25, 0.3) is 0 Å². The number of hydrogen-bond acceptors (Lipinski definition) is 6. The Balaban J connectivity index is 1.42. The maximum absolute atomic E-state index is 13.8. The second-order valence-corrected chi connectivity index (χ2v) is 11.5. The van der Waals surface area contributed by atoms with Crippen molar-refractivity contribution in [3.05, 3.63) is 0 Å². The molecule has 4 rings (SSSR count). The first kappa shape index (κ1) is 24.8. The van der Waals surface area contributed by atoms with Crippen LogP contribution in [-0.4, -0.2) is 77.1 Å². The Kier molecular flexibility index (Phi) is 7.09. The fraction of sp³-hybridized carbons (Fsp3) is 0.840. The molecule has 3 heterocycles. The number of likely N-dealkylation sites (tertiary alicyclic amines) is 2. The number of amides is 3. The molecule has 3 saturated heterocycles. The molecule has 0 aromatic rings. The molecule has 1 spiro atoms. The zero-order valence-corrected chi connectivity index (χ0v) is 20.8. The standard InChI is InChI=1S/C25H39N5O4/c1-24(2,3)34-23(33)30-11-4-8-25(30)9-12-29(22(25)32)20(13-17-5-6-17)16-28-19(15-26)14-18-7-10-27-21(18)31/h17-20,28H,4-14,16H2,1-3H3,(H,27,31)/t18-,19-,20-,25?/m0/s1. The molecule has 1 aliphatic carbocycles. The van der Waals surface area contributed by atoms with E-state index in [2.05, 4.69) is 16.7 Å². The topological polar surface area (TPSA) is 115 Å². The Morgan fingerprint density at radius 1 is 1.24 bits per heavy atom. The smallest absolute Gasteiger partial charge is 0.411 e. The van der Waals surface area contributed by atoms with E-state index in [9.17, 15) is 19.6 Å². The highest BCUT2D eigenvalue weighted by molar-refractivity contribution is 5.92. The van der Waals surface area contributed by atoms with Crippen LogP contribution in [0.3, 0.4) is 0 Å². The number of ether oxygens (including phenoxy) is 1. The summed E-state index contributed by atoms with van der Waals surface area (Å²) < 4.78 is 5.63. The van der Waals surface area contributed by atoms with Crippen LogP contribution in [0.5, 0.6) is 0 Å². The van der Waals surface area contributed by atoms with Gasteiger partial charge in [-0.25, -0.2) is 4.79 Å². The van der Waals surface area contributed by atoms with Gasteiger partial charge in [-0.3, -0.25) is 19.8 Å². The Morgan fingerprint density at radius 2 is 2.00 bits per heavy atom. The molecule has 4 atom stereocenters. The molecule has 34 heavy (non-hydrogen) atoms. The SMILES string of the molecule is CC(C)(C)OC(=O)N1CCCC12CCN([C@H](CN[C@H](C#N)C[C@@H]1CCNC1=O)CC1CC1)C2=O. The summed E-state index contributed by atoms with van der Waals surface area (Å²) in [5.74, 6) is 0.531. The molecule has 1 unspecified atom stereocenters. The normalized spacial score (nSPS) is 28.8. The van der Waals surface area contributed by atoms with Gasteiger partial charge in [-0.1, -0.05) is 12.8 Å². The summed E-state index contributed by atoms with van der Waals surface area (Å²) in [7, 11) is 0. The molecule has 9 heteroatoms. The molecular weight excluding hydrogens is 434 g/mol. The molecule has 0 radical (unpaired) electrons. The number of carbonyl (C=O) groups is 3. The number of carbonyl (C=O) groups excluding carboxylic acids is 3. The molecule has 4 aliphatic rings. The first-order chi connectivity index (χ1) is 16.1. The Morgan fingerprint density at radius 3 is 2.62 bits per heavy atom. The second kappa shape index (κ2) is 9.73. The number of nitrogens with one attached hydrogen (secondary N) is 2. The predicted octanol–water partition coefficient (Wildman–Crippen LogP) is 2.17. The lowest BCUT2D eigenvalue weighted by molar-refractivity contribution is -0.138. The highest BCUT2D eigenvalue weighted by Crippen LogP contribution is 2.42. The van der Waals surface area contributed by atoms with Gasteiger partial charge in [0.05, 0.1) is 12.1 Å². The van der Waals surface area contributed by atoms with Gasteiger partial charge in [0.2, 0.25) is 11.8 Å². The first-order valence-electron chi connectivity index (χ1n) is 12.9. The molecular formula is C25H39N5O4. The van der Waals surface area contributed by atoms with Crippen LogP contribution in [0.2, 0.25) is 0 Å². The van der Waals surface area contributed by atoms with Gasteiger partial charge in [-0.2, -0.15) is 5.26 Å². The third-order valence-electron chi connectivity index (χ3n) is 7.71. The third kappa shape index (κ3) is 5.32. The minimum absolute atomic E-state index is 0.0197. The zero-order chi connectivity index (χ0) is 24.5. The Labute approximate surface area is 202 Å². The molecule has 3 amide bonds. The van der Waals surface area contributed by atoms with Crippen molar-refractivity contribution in [3.8, 4) is 6.07 Å². The largest absolute Gasteiger partial charge is 0.444 e. The predicted molar refractivity (Wildman–Crippen MR) is 126 cm³/mol. The number of rotatable bonds is 8. The molecule has 4 fully saturated rings. The average Bonchev–Trinajstić information content (AvgIpc) is 3.18. The molecule has 0 bridgehead atoms. The highest BCUT2D eigenvalue weighted by atomic mass is 16.6. The maximum Gasteiger partial charge on any atom is 0.411 e. The molecule has 9 nitrogen and oxygen atoms in total. The highest BCUT2D eigenvalue weighted by Gasteiger charge is 2.57. The minimum Gasteiger partial charge on any atom is -0.444 e. The van der Waals surface area contributed by atoms with Crippen LogP contribution in [0.4, 0.5) is 4.79 Å². The summed E-state index contributed by atoms with van der Waals surface area (Å²) in [5.41, 5.74) is -1.41. The monoisotopic (exact) mass is 473 g/mol. The van der Waals surface area contributed by atoms with Gasteiger partial charge in [0.1, 0.15) is 11.1 Å². The van der Waals surface area contributed by atoms with Gasteiger partial charge in [0.25, 0.3) is 0 Å². The molecule has 1 saturated carbocycles. The summed E-state index contributed by atoms with van der Waals surface area (Å²) >= 11 is 0. The molecule has 3 aliphatic heterocycles. The zero-order valence-electron chi connectivity index (χ0n) is 20.8. The van der Waals surface area contributed by atoms with E-state index < -0.39 is 23.3 Å². The molecule has 2 N–H and O–H groups in total. The van der Waals surface area contributed by atoms with Crippen molar-refractivity contribution < 1.29 is 19.1 Å². The lowest BCUT2D eigenvalue weighted by Crippen LogP contribution is -2.56. The molecule has 0 aromatic carbocycles. The second-order valence-electron chi connectivity index (χ2n) is 11.5. The van der Waals surface area contributed by atoms with Gasteiger partial charge in [-0.15, -0.1) is 0 Å². The van der Waals surface area contributed by atoms with Crippen LogP contribution in [0, 0.1) is 23.2 Å². The fourth-order valence-electron chi connectivity index (χ4n) is 5.75. The Hall–Kier alpha value is -2.34. The van der Waals surface area contributed by atoms with Gasteiger partial charge in [-0.05, 0) is 65.2 Å². The molecule has 0 aromatic heterocycles. The van der Waals surface area contributed by atoms with Crippen molar-refractivity contribution in [3.63, 3.8) is 0 Å². The quantitative estimate of drug-likeness (QED) is 0.558. The fourth-order valence-corrected chi connectivity index (χ4v) is 5.75. The van der Waals surface area contributed by atoms with Crippen molar-refractivity contribution in [1.29, 1.82) is 5.26 Å².